The molecule has 1 aromatic carbocycles. The third kappa shape index (κ3) is 6.26. The lowest BCUT2D eigenvalue weighted by molar-refractivity contribution is -0.137. The minimum Gasteiger partial charge on any atom is -0.449 e. The number of alkyl carbamates (subject to hydrolysis) is 1. The molecule has 11 heteroatoms. The second-order valence-electron chi connectivity index (χ2n) is 10.4. The van der Waals surface area contributed by atoms with Gasteiger partial charge in [-0.25, -0.2) is 18.4 Å². The normalized spacial score (nSPS) is 27.1. The second kappa shape index (κ2) is 10.9. The highest BCUT2D eigenvalue weighted by Crippen LogP contribution is 2.30. The van der Waals surface area contributed by atoms with Crippen molar-refractivity contribution in [2.24, 2.45) is 5.41 Å². The van der Waals surface area contributed by atoms with Crippen LogP contribution in [0.15, 0.2) is 24.3 Å². The molecule has 37 heavy (non-hydrogen) atoms. The zero-order valence-electron chi connectivity index (χ0n) is 20.8. The molecule has 3 aliphatic heterocycles. The van der Waals surface area contributed by atoms with Gasteiger partial charge in [0.25, 0.3) is 0 Å². The van der Waals surface area contributed by atoms with Crippen LogP contribution in [-0.2, 0) is 32.2 Å². The number of fused-ring (bicyclic) bond motifs is 3. The number of rotatable bonds is 3. The fourth-order valence-corrected chi connectivity index (χ4v) is 4.85. The van der Waals surface area contributed by atoms with Gasteiger partial charge in [0, 0.05) is 24.8 Å². The van der Waals surface area contributed by atoms with Gasteiger partial charge in [-0.2, -0.15) is 0 Å². The van der Waals surface area contributed by atoms with Crippen LogP contribution in [0.25, 0.3) is 6.08 Å². The summed E-state index contributed by atoms with van der Waals surface area (Å²) in [5, 5.41) is 2.23. The summed E-state index contributed by atoms with van der Waals surface area (Å²) in [5.41, 5.74) is 2.49. The maximum Gasteiger partial charge on any atom is 0.410 e. The first-order valence-electron chi connectivity index (χ1n) is 12.3. The Morgan fingerprint density at radius 2 is 2.00 bits per heavy atom. The number of nitrogens with one attached hydrogen (secondary N) is 1. The SMILES string of the molecule is CC1(C)C/C=C/c2cccc3c2CN(C3)C(=O)O[C@@H]2C[C@@H](C=O)N(C2)C(=O)[C@H](CC(F)F)NC(=O)OC1. The number of aldehydes is 1. The van der Waals surface area contributed by atoms with E-state index in [4.69, 9.17) is 9.47 Å². The second-order valence-corrected chi connectivity index (χ2v) is 10.4. The molecule has 0 aliphatic carbocycles. The zero-order chi connectivity index (χ0) is 26.7. The van der Waals surface area contributed by atoms with E-state index < -0.39 is 54.5 Å². The Labute approximate surface area is 213 Å². The lowest BCUT2D eigenvalue weighted by Gasteiger charge is -2.27. The van der Waals surface area contributed by atoms with Crippen molar-refractivity contribution < 1.29 is 37.4 Å². The van der Waals surface area contributed by atoms with Gasteiger partial charge in [0.1, 0.15) is 18.4 Å². The molecule has 4 bridgehead atoms. The number of alkyl halides is 2. The summed E-state index contributed by atoms with van der Waals surface area (Å²) >= 11 is 0. The summed E-state index contributed by atoms with van der Waals surface area (Å²) in [4.78, 5) is 52.9. The number of carbonyl (C=O) groups excluding carboxylic acids is 4. The highest BCUT2D eigenvalue weighted by atomic mass is 19.3. The zero-order valence-corrected chi connectivity index (χ0v) is 20.8. The van der Waals surface area contributed by atoms with Crippen LogP contribution in [0.4, 0.5) is 18.4 Å². The van der Waals surface area contributed by atoms with Gasteiger partial charge in [0.15, 0.2) is 0 Å². The van der Waals surface area contributed by atoms with Crippen LogP contribution >= 0.6 is 0 Å². The topological polar surface area (TPSA) is 105 Å². The standard InChI is InChI=1S/C26H31F2N3O6/c1-26(2)8-4-7-16-5-3-6-17-11-30(13-20(16)17)25(35)37-19-9-18(14-32)31(12-19)23(33)21(10-22(27)28)29-24(34)36-15-26/h3-7,14,18-19,21-22H,8-13,15H2,1-2H3,(H,29,34)/b7-4+/t18-,19+,21-/m0/s1. The number of nitrogens with zero attached hydrogens (tertiary/aromatic N) is 2. The van der Waals surface area contributed by atoms with Crippen molar-refractivity contribution in [3.05, 3.63) is 41.0 Å². The van der Waals surface area contributed by atoms with Crippen molar-refractivity contribution in [1.82, 2.24) is 15.1 Å². The summed E-state index contributed by atoms with van der Waals surface area (Å²) in [6, 6.07) is 3.26. The summed E-state index contributed by atoms with van der Waals surface area (Å²) in [5.74, 6) is -0.855. The molecule has 3 amide bonds. The van der Waals surface area contributed by atoms with Crippen LogP contribution in [-0.4, -0.2) is 71.9 Å². The number of allylic oxidation sites excluding steroid dienone is 1. The van der Waals surface area contributed by atoms with Crippen molar-refractivity contribution >= 4 is 30.5 Å². The maximum atomic E-state index is 13.3. The lowest BCUT2D eigenvalue weighted by Crippen LogP contribution is -2.51. The van der Waals surface area contributed by atoms with E-state index in [0.717, 1.165) is 21.6 Å². The monoisotopic (exact) mass is 519 g/mol. The van der Waals surface area contributed by atoms with Gasteiger partial charge in [0.2, 0.25) is 12.3 Å². The summed E-state index contributed by atoms with van der Waals surface area (Å²) in [6.07, 6.45) is -1.19. The van der Waals surface area contributed by atoms with Crippen LogP contribution in [0.2, 0.25) is 0 Å². The van der Waals surface area contributed by atoms with Crippen molar-refractivity contribution in [1.29, 1.82) is 0 Å². The van der Waals surface area contributed by atoms with Crippen LogP contribution in [0.1, 0.15) is 49.8 Å². The number of cyclic esters (lactones) is 1. The lowest BCUT2D eigenvalue weighted by atomic mass is 9.90. The molecule has 3 heterocycles. The van der Waals surface area contributed by atoms with Gasteiger partial charge in [-0.1, -0.05) is 44.2 Å². The van der Waals surface area contributed by atoms with Crippen LogP contribution in [0.3, 0.4) is 0 Å². The van der Waals surface area contributed by atoms with Gasteiger partial charge in [-0.3, -0.25) is 9.69 Å². The van der Waals surface area contributed by atoms with E-state index in [1.165, 1.54) is 0 Å². The van der Waals surface area contributed by atoms with Crippen molar-refractivity contribution in [3.63, 3.8) is 0 Å². The predicted molar refractivity (Wildman–Crippen MR) is 128 cm³/mol. The number of benzene rings is 1. The molecular formula is C26H31F2N3O6. The molecule has 1 fully saturated rings. The van der Waals surface area contributed by atoms with Gasteiger partial charge in [-0.15, -0.1) is 0 Å². The van der Waals surface area contributed by atoms with Gasteiger partial charge in [-0.05, 0) is 23.1 Å². The fourth-order valence-electron chi connectivity index (χ4n) is 4.85. The Kier molecular flexibility index (Phi) is 7.79. The molecule has 1 aromatic rings. The molecule has 9 nitrogen and oxygen atoms in total. The third-order valence-electron chi connectivity index (χ3n) is 6.86. The highest BCUT2D eigenvalue weighted by Gasteiger charge is 2.41. The molecule has 0 saturated carbocycles. The van der Waals surface area contributed by atoms with Gasteiger partial charge >= 0.3 is 12.2 Å². The molecule has 0 aromatic heterocycles. The quantitative estimate of drug-likeness (QED) is 0.613. The Bertz CT molecular complexity index is 1090. The van der Waals surface area contributed by atoms with Crippen molar-refractivity contribution in [2.75, 3.05) is 13.2 Å². The van der Waals surface area contributed by atoms with Gasteiger partial charge in [0.05, 0.1) is 25.7 Å². The van der Waals surface area contributed by atoms with Gasteiger partial charge < -0.3 is 24.5 Å². The molecule has 0 radical (unpaired) electrons. The Balaban J connectivity index is 1.61. The number of hydrogen-bond acceptors (Lipinski definition) is 6. The number of hydrogen-bond donors (Lipinski definition) is 1. The molecule has 3 aliphatic rings. The maximum absolute atomic E-state index is 13.3. The Morgan fingerprint density at radius 1 is 1.22 bits per heavy atom. The average Bonchev–Trinajstić information content (AvgIpc) is 3.46. The Hall–Kier alpha value is -3.50. The highest BCUT2D eigenvalue weighted by molar-refractivity contribution is 5.88. The van der Waals surface area contributed by atoms with Crippen LogP contribution in [0.5, 0.6) is 0 Å². The van der Waals surface area contributed by atoms with E-state index >= 15 is 0 Å². The first kappa shape index (κ1) is 26.6. The van der Waals surface area contributed by atoms with E-state index in [0.29, 0.717) is 25.8 Å². The first-order valence-corrected chi connectivity index (χ1v) is 12.3. The van der Waals surface area contributed by atoms with Crippen molar-refractivity contribution in [2.45, 2.75) is 70.8 Å². The smallest absolute Gasteiger partial charge is 0.410 e. The van der Waals surface area contributed by atoms with Crippen molar-refractivity contribution in [3.8, 4) is 0 Å². The molecule has 1 saturated heterocycles. The molecule has 1 N–H and O–H groups in total. The molecule has 0 unspecified atom stereocenters. The minimum atomic E-state index is -2.88. The molecule has 4 rings (SSSR count). The van der Waals surface area contributed by atoms with E-state index in [1.807, 2.05) is 44.2 Å². The first-order chi connectivity index (χ1) is 17.6. The molecule has 200 valence electrons. The number of carbonyl (C=O) groups is 4. The molecule has 0 spiro atoms. The number of halogens is 2. The summed E-state index contributed by atoms with van der Waals surface area (Å²) in [7, 11) is 0. The van der Waals surface area contributed by atoms with Crippen LogP contribution in [0, 0.1) is 5.41 Å². The summed E-state index contributed by atoms with van der Waals surface area (Å²) in [6.45, 7) is 4.34. The Morgan fingerprint density at radius 3 is 2.73 bits per heavy atom. The number of amides is 3. The third-order valence-corrected chi connectivity index (χ3v) is 6.86. The number of ether oxygens (including phenoxy) is 2. The average molecular weight is 520 g/mol. The van der Waals surface area contributed by atoms with E-state index in [-0.39, 0.29) is 19.6 Å². The van der Waals surface area contributed by atoms with Crippen LogP contribution < -0.4 is 5.32 Å². The van der Waals surface area contributed by atoms with E-state index in [1.54, 1.807) is 4.90 Å². The summed E-state index contributed by atoms with van der Waals surface area (Å²) < 4.78 is 37.4. The van der Waals surface area contributed by atoms with E-state index in [2.05, 4.69) is 5.32 Å². The molecular weight excluding hydrogens is 488 g/mol. The largest absolute Gasteiger partial charge is 0.449 e. The fraction of sp³-hybridized carbons (Fsp3) is 0.538. The van der Waals surface area contributed by atoms with E-state index in [9.17, 15) is 28.0 Å². The minimum absolute atomic E-state index is 0.00939. The predicted octanol–water partition coefficient (Wildman–Crippen LogP) is 3.50. The molecule has 3 atom stereocenters.